The molecule has 1 fully saturated rings. The standard InChI is InChI=1S/C24H26N2O7/c27-21-13-32-12-20(21)25-23(30)19(9-10-22(28)29)26-24(31)33-11-18-16-7-3-1-5-14(16)15-6-2-4-8-17(15)18/h1-8,18-21,27H,9-13H2,(H,25,30)(H,26,31)(H,28,29)/t19?,20-,21-/m1/s1. The fourth-order valence-electron chi connectivity index (χ4n) is 4.28. The van der Waals surface area contributed by atoms with Crippen LogP contribution in [0.3, 0.4) is 0 Å². The average molecular weight is 454 g/mol. The predicted octanol–water partition coefficient (Wildman–Crippen LogP) is 1.63. The van der Waals surface area contributed by atoms with Gasteiger partial charge < -0.3 is 30.3 Å². The molecule has 1 saturated heterocycles. The van der Waals surface area contributed by atoms with Gasteiger partial charge in [0.2, 0.25) is 5.91 Å². The summed E-state index contributed by atoms with van der Waals surface area (Å²) in [6, 6.07) is 14.1. The highest BCUT2D eigenvalue weighted by Gasteiger charge is 2.32. The number of aliphatic hydroxyl groups excluding tert-OH is 1. The average Bonchev–Trinajstić information content (AvgIpc) is 3.35. The minimum atomic E-state index is -1.12. The van der Waals surface area contributed by atoms with Crippen molar-refractivity contribution in [3.05, 3.63) is 59.7 Å². The molecule has 0 radical (unpaired) electrons. The van der Waals surface area contributed by atoms with Gasteiger partial charge in [-0.25, -0.2) is 4.79 Å². The molecule has 9 nitrogen and oxygen atoms in total. The highest BCUT2D eigenvalue weighted by Crippen LogP contribution is 2.44. The Labute approximate surface area is 190 Å². The second-order valence-electron chi connectivity index (χ2n) is 8.17. The zero-order chi connectivity index (χ0) is 23.4. The van der Waals surface area contributed by atoms with E-state index in [9.17, 15) is 19.5 Å². The molecule has 9 heteroatoms. The highest BCUT2D eigenvalue weighted by molar-refractivity contribution is 5.86. The number of hydrogen-bond donors (Lipinski definition) is 4. The highest BCUT2D eigenvalue weighted by atomic mass is 16.5. The molecule has 1 unspecified atom stereocenters. The van der Waals surface area contributed by atoms with Gasteiger partial charge in [0.25, 0.3) is 0 Å². The maximum absolute atomic E-state index is 12.6. The van der Waals surface area contributed by atoms with Crippen LogP contribution in [0.25, 0.3) is 11.1 Å². The third-order valence-corrected chi connectivity index (χ3v) is 5.98. The summed E-state index contributed by atoms with van der Waals surface area (Å²) in [5, 5.41) is 23.9. The predicted molar refractivity (Wildman–Crippen MR) is 118 cm³/mol. The molecule has 0 aromatic heterocycles. The van der Waals surface area contributed by atoms with Gasteiger partial charge in [-0.05, 0) is 28.7 Å². The Morgan fingerprint density at radius 2 is 1.67 bits per heavy atom. The Bertz CT molecular complexity index is 995. The Hall–Kier alpha value is -3.43. The molecule has 0 spiro atoms. The number of carboxylic acid groups (broad SMARTS) is 1. The van der Waals surface area contributed by atoms with Gasteiger partial charge >= 0.3 is 12.1 Å². The Kier molecular flexibility index (Phi) is 6.90. The fraction of sp³-hybridized carbons (Fsp3) is 0.375. The number of carbonyl (C=O) groups excluding carboxylic acids is 2. The molecule has 1 aliphatic carbocycles. The quantitative estimate of drug-likeness (QED) is 0.476. The number of carbonyl (C=O) groups is 3. The number of aliphatic carboxylic acids is 1. The van der Waals surface area contributed by atoms with E-state index >= 15 is 0 Å². The van der Waals surface area contributed by atoms with E-state index in [0.717, 1.165) is 22.3 Å². The summed E-state index contributed by atoms with van der Waals surface area (Å²) >= 11 is 0. The van der Waals surface area contributed by atoms with Gasteiger partial charge in [-0.3, -0.25) is 9.59 Å². The number of amides is 2. The summed E-state index contributed by atoms with van der Waals surface area (Å²) in [4.78, 5) is 36.2. The van der Waals surface area contributed by atoms with Crippen LogP contribution in [-0.4, -0.2) is 66.2 Å². The van der Waals surface area contributed by atoms with Gasteiger partial charge in [0.05, 0.1) is 25.4 Å². The second-order valence-corrected chi connectivity index (χ2v) is 8.17. The molecule has 1 heterocycles. The molecule has 0 bridgehead atoms. The van der Waals surface area contributed by atoms with Gasteiger partial charge in [-0.1, -0.05) is 48.5 Å². The van der Waals surface area contributed by atoms with Crippen LogP contribution < -0.4 is 10.6 Å². The van der Waals surface area contributed by atoms with Crippen molar-refractivity contribution in [1.82, 2.24) is 10.6 Å². The van der Waals surface area contributed by atoms with E-state index in [2.05, 4.69) is 10.6 Å². The number of benzene rings is 2. The molecule has 4 N–H and O–H groups in total. The van der Waals surface area contributed by atoms with E-state index in [-0.39, 0.29) is 38.6 Å². The minimum Gasteiger partial charge on any atom is -0.481 e. The van der Waals surface area contributed by atoms with Crippen LogP contribution in [0.4, 0.5) is 4.79 Å². The lowest BCUT2D eigenvalue weighted by atomic mass is 9.98. The molecule has 33 heavy (non-hydrogen) atoms. The largest absolute Gasteiger partial charge is 0.481 e. The molecule has 2 aromatic carbocycles. The second kappa shape index (κ2) is 10.0. The molecule has 1 aliphatic heterocycles. The van der Waals surface area contributed by atoms with Crippen LogP contribution in [0, 0.1) is 0 Å². The summed E-state index contributed by atoms with van der Waals surface area (Å²) in [5.74, 6) is -1.83. The van der Waals surface area contributed by atoms with Gasteiger partial charge in [0, 0.05) is 12.3 Å². The number of carboxylic acids is 1. The maximum atomic E-state index is 12.6. The number of ether oxygens (including phenoxy) is 2. The van der Waals surface area contributed by atoms with Crippen molar-refractivity contribution in [1.29, 1.82) is 0 Å². The third kappa shape index (κ3) is 5.15. The summed E-state index contributed by atoms with van der Waals surface area (Å²) in [7, 11) is 0. The van der Waals surface area contributed by atoms with Crippen LogP contribution in [0.15, 0.2) is 48.5 Å². The lowest BCUT2D eigenvalue weighted by molar-refractivity contribution is -0.137. The number of alkyl carbamates (subject to hydrolysis) is 1. The van der Waals surface area contributed by atoms with E-state index in [1.165, 1.54) is 0 Å². The maximum Gasteiger partial charge on any atom is 0.407 e. The first-order valence-corrected chi connectivity index (χ1v) is 10.8. The molecule has 3 atom stereocenters. The minimum absolute atomic E-state index is 0.0717. The Balaban J connectivity index is 1.40. The van der Waals surface area contributed by atoms with Crippen molar-refractivity contribution >= 4 is 18.0 Å². The Morgan fingerprint density at radius 1 is 1.03 bits per heavy atom. The van der Waals surface area contributed by atoms with E-state index in [1.54, 1.807) is 0 Å². The zero-order valence-electron chi connectivity index (χ0n) is 17.9. The summed E-state index contributed by atoms with van der Waals surface area (Å²) in [6.45, 7) is 0.316. The molecular weight excluding hydrogens is 428 g/mol. The normalized spacial score (nSPS) is 19.9. The number of rotatable bonds is 8. The van der Waals surface area contributed by atoms with Crippen molar-refractivity contribution in [2.75, 3.05) is 19.8 Å². The SMILES string of the molecule is O=C(O)CCC(NC(=O)OCC1c2ccccc2-c2ccccc21)C(=O)N[C@@H]1COC[C@H]1O. The van der Waals surface area contributed by atoms with Crippen molar-refractivity contribution in [3.8, 4) is 11.1 Å². The molecule has 174 valence electrons. The number of nitrogens with one attached hydrogen (secondary N) is 2. The molecule has 2 amide bonds. The summed E-state index contributed by atoms with van der Waals surface area (Å²) < 4.78 is 10.6. The van der Waals surface area contributed by atoms with Gasteiger partial charge in [0.15, 0.2) is 0 Å². The van der Waals surface area contributed by atoms with Crippen molar-refractivity contribution in [2.24, 2.45) is 0 Å². The molecular formula is C24H26N2O7. The summed E-state index contributed by atoms with van der Waals surface area (Å²) in [5.41, 5.74) is 4.31. The molecule has 4 rings (SSSR count). The lowest BCUT2D eigenvalue weighted by Gasteiger charge is -2.22. The van der Waals surface area contributed by atoms with Crippen LogP contribution in [0.5, 0.6) is 0 Å². The monoisotopic (exact) mass is 454 g/mol. The van der Waals surface area contributed by atoms with E-state index in [4.69, 9.17) is 14.6 Å². The zero-order valence-corrected chi connectivity index (χ0v) is 17.9. The van der Waals surface area contributed by atoms with Crippen LogP contribution >= 0.6 is 0 Å². The first-order valence-electron chi connectivity index (χ1n) is 10.8. The topological polar surface area (TPSA) is 134 Å². The lowest BCUT2D eigenvalue weighted by Crippen LogP contribution is -2.52. The first-order chi connectivity index (χ1) is 15.9. The number of aliphatic hydroxyl groups is 1. The van der Waals surface area contributed by atoms with Gasteiger partial charge in [-0.2, -0.15) is 0 Å². The van der Waals surface area contributed by atoms with E-state index in [0.29, 0.717) is 0 Å². The number of fused-ring (bicyclic) bond motifs is 3. The summed E-state index contributed by atoms with van der Waals surface area (Å²) in [6.07, 6.45) is -2.10. The molecule has 0 saturated carbocycles. The van der Waals surface area contributed by atoms with Crippen molar-refractivity contribution in [3.63, 3.8) is 0 Å². The van der Waals surface area contributed by atoms with Gasteiger partial charge in [0.1, 0.15) is 12.6 Å². The first kappa shape index (κ1) is 22.8. The van der Waals surface area contributed by atoms with Crippen LogP contribution in [0.1, 0.15) is 29.9 Å². The molecule has 2 aromatic rings. The van der Waals surface area contributed by atoms with Gasteiger partial charge in [-0.15, -0.1) is 0 Å². The van der Waals surface area contributed by atoms with Crippen LogP contribution in [0.2, 0.25) is 0 Å². The fourth-order valence-corrected chi connectivity index (χ4v) is 4.28. The number of hydrogen-bond acceptors (Lipinski definition) is 6. The van der Waals surface area contributed by atoms with Crippen LogP contribution in [-0.2, 0) is 19.1 Å². The molecule has 2 aliphatic rings. The van der Waals surface area contributed by atoms with E-state index < -0.39 is 36.2 Å². The smallest absolute Gasteiger partial charge is 0.407 e. The van der Waals surface area contributed by atoms with Crippen molar-refractivity contribution in [2.45, 2.75) is 36.9 Å². The Morgan fingerprint density at radius 3 is 2.24 bits per heavy atom. The van der Waals surface area contributed by atoms with E-state index in [1.807, 2.05) is 48.5 Å². The van der Waals surface area contributed by atoms with Crippen molar-refractivity contribution < 1.29 is 34.1 Å². The third-order valence-electron chi connectivity index (χ3n) is 5.98.